The molecule has 0 bridgehead atoms. The maximum atomic E-state index is 5.23. The first-order valence-electron chi connectivity index (χ1n) is 7.95. The maximum Gasteiger partial charge on any atom is 0.119 e. The highest BCUT2D eigenvalue weighted by atomic mass is 79.9. The smallest absolute Gasteiger partial charge is 0.119 e. The van der Waals surface area contributed by atoms with Crippen LogP contribution in [0.5, 0.6) is 5.75 Å². The fourth-order valence-electron chi connectivity index (χ4n) is 3.47. The molecule has 0 saturated carbocycles. The first-order chi connectivity index (χ1) is 11.2. The Kier molecular flexibility index (Phi) is 3.77. The lowest BCUT2D eigenvalue weighted by molar-refractivity contribution is 0.415. The third kappa shape index (κ3) is 2.72. The van der Waals surface area contributed by atoms with E-state index in [0.717, 1.165) is 28.8 Å². The van der Waals surface area contributed by atoms with Crippen molar-refractivity contribution in [3.05, 3.63) is 58.2 Å². The van der Waals surface area contributed by atoms with Gasteiger partial charge in [-0.2, -0.15) is 0 Å². The van der Waals surface area contributed by atoms with Gasteiger partial charge in [-0.1, -0.05) is 15.9 Å². The molecule has 1 aliphatic carbocycles. The van der Waals surface area contributed by atoms with E-state index in [1.165, 1.54) is 28.6 Å². The van der Waals surface area contributed by atoms with E-state index in [-0.39, 0.29) is 0 Å². The Balaban J connectivity index is 1.68. The minimum atomic E-state index is 0.332. The summed E-state index contributed by atoms with van der Waals surface area (Å²) in [5.41, 5.74) is 5.14. The van der Waals surface area contributed by atoms with E-state index in [2.05, 4.69) is 56.6 Å². The van der Waals surface area contributed by atoms with E-state index in [4.69, 9.17) is 4.74 Å². The van der Waals surface area contributed by atoms with Crippen LogP contribution in [0.2, 0.25) is 0 Å². The minimum absolute atomic E-state index is 0.332. The number of nitrogens with one attached hydrogen (secondary N) is 2. The molecule has 0 unspecified atom stereocenters. The lowest BCUT2D eigenvalue weighted by atomic mass is 9.91. The van der Waals surface area contributed by atoms with Crippen molar-refractivity contribution in [2.45, 2.75) is 25.3 Å². The summed E-state index contributed by atoms with van der Waals surface area (Å²) in [6.07, 6.45) is 3.50. The number of ether oxygens (including phenoxy) is 1. The predicted molar refractivity (Wildman–Crippen MR) is 98.3 cm³/mol. The zero-order valence-electron chi connectivity index (χ0n) is 13.0. The number of halogens is 1. The van der Waals surface area contributed by atoms with Crippen molar-refractivity contribution in [2.75, 3.05) is 12.4 Å². The number of fused-ring (bicyclic) bond motifs is 3. The van der Waals surface area contributed by atoms with E-state index in [9.17, 15) is 0 Å². The van der Waals surface area contributed by atoms with Crippen molar-refractivity contribution >= 4 is 32.5 Å². The molecule has 0 amide bonds. The fraction of sp³-hybridized carbons (Fsp3) is 0.263. The van der Waals surface area contributed by atoms with Gasteiger partial charge in [0.25, 0.3) is 0 Å². The van der Waals surface area contributed by atoms with Crippen LogP contribution in [0.15, 0.2) is 46.9 Å². The van der Waals surface area contributed by atoms with Crippen LogP contribution in [-0.2, 0) is 6.42 Å². The molecule has 0 saturated heterocycles. The highest BCUT2D eigenvalue weighted by Gasteiger charge is 2.24. The Morgan fingerprint density at radius 3 is 2.78 bits per heavy atom. The number of H-pyrrole nitrogens is 1. The van der Waals surface area contributed by atoms with Crippen molar-refractivity contribution < 1.29 is 4.74 Å². The van der Waals surface area contributed by atoms with Crippen LogP contribution in [-0.4, -0.2) is 12.1 Å². The second kappa shape index (κ2) is 5.93. The number of hydrogen-bond acceptors (Lipinski definition) is 2. The van der Waals surface area contributed by atoms with E-state index in [1.807, 2.05) is 12.1 Å². The zero-order valence-corrected chi connectivity index (χ0v) is 14.6. The summed E-state index contributed by atoms with van der Waals surface area (Å²) in [7, 11) is 1.69. The molecular formula is C19H19BrN2O. The summed E-state index contributed by atoms with van der Waals surface area (Å²) < 4.78 is 6.36. The molecule has 3 nitrogen and oxygen atoms in total. The number of methoxy groups -OCH3 is 1. The summed E-state index contributed by atoms with van der Waals surface area (Å²) in [5, 5.41) is 5.01. The molecule has 1 aliphatic rings. The first kappa shape index (κ1) is 14.6. The monoisotopic (exact) mass is 370 g/mol. The zero-order chi connectivity index (χ0) is 15.8. The van der Waals surface area contributed by atoms with Gasteiger partial charge in [0, 0.05) is 26.8 Å². The second-order valence-corrected chi connectivity index (χ2v) is 6.94. The van der Waals surface area contributed by atoms with Crippen molar-refractivity contribution in [1.82, 2.24) is 4.98 Å². The lowest BCUT2D eigenvalue weighted by Gasteiger charge is -2.25. The van der Waals surface area contributed by atoms with E-state index < -0.39 is 0 Å². The summed E-state index contributed by atoms with van der Waals surface area (Å²) in [6, 6.07) is 14.9. The molecule has 1 heterocycles. The molecular weight excluding hydrogens is 352 g/mol. The predicted octanol–water partition coefficient (Wildman–Crippen LogP) is 5.43. The molecule has 118 valence electrons. The van der Waals surface area contributed by atoms with E-state index >= 15 is 0 Å². The van der Waals surface area contributed by atoms with Crippen LogP contribution < -0.4 is 10.1 Å². The normalized spacial score (nSPS) is 17.0. The second-order valence-electron chi connectivity index (χ2n) is 6.02. The van der Waals surface area contributed by atoms with Gasteiger partial charge in [0.15, 0.2) is 0 Å². The van der Waals surface area contributed by atoms with Crippen molar-refractivity contribution in [3.63, 3.8) is 0 Å². The first-order valence-corrected chi connectivity index (χ1v) is 8.74. The fourth-order valence-corrected chi connectivity index (χ4v) is 3.83. The third-order valence-corrected chi connectivity index (χ3v) is 5.09. The standard InChI is InChI=1S/C19H19BrN2O/c1-23-14-8-6-13(7-9-14)21-18-4-2-3-15-16-11-12(20)5-10-17(16)22-19(15)18/h5-11,18,21-22H,2-4H2,1H3/t18-/m1/s1. The lowest BCUT2D eigenvalue weighted by Crippen LogP contribution is -2.17. The van der Waals surface area contributed by atoms with E-state index in [1.54, 1.807) is 7.11 Å². The number of aromatic nitrogens is 1. The molecule has 1 aromatic heterocycles. The Hall–Kier alpha value is -1.94. The number of rotatable bonds is 3. The SMILES string of the molecule is COc1ccc(N[C@@H]2CCCc3c2[nH]c2ccc(Br)cc32)cc1. The molecule has 0 fully saturated rings. The van der Waals surface area contributed by atoms with Gasteiger partial charge in [-0.3, -0.25) is 0 Å². The largest absolute Gasteiger partial charge is 0.497 e. The minimum Gasteiger partial charge on any atom is -0.497 e. The molecule has 2 aromatic carbocycles. The van der Waals surface area contributed by atoms with Gasteiger partial charge < -0.3 is 15.0 Å². The molecule has 0 radical (unpaired) electrons. The Morgan fingerprint density at radius 1 is 1.17 bits per heavy atom. The summed E-state index contributed by atoms with van der Waals surface area (Å²) in [5.74, 6) is 0.885. The number of hydrogen-bond donors (Lipinski definition) is 2. The van der Waals surface area contributed by atoms with Gasteiger partial charge in [-0.05, 0) is 67.3 Å². The van der Waals surface area contributed by atoms with Crippen molar-refractivity contribution in [3.8, 4) is 5.75 Å². The maximum absolute atomic E-state index is 5.23. The van der Waals surface area contributed by atoms with E-state index in [0.29, 0.717) is 6.04 Å². The van der Waals surface area contributed by atoms with Gasteiger partial charge in [0.2, 0.25) is 0 Å². The Bertz CT molecular complexity index is 838. The van der Waals surface area contributed by atoms with Crippen LogP contribution in [0.3, 0.4) is 0 Å². The molecule has 4 heteroatoms. The molecule has 0 aliphatic heterocycles. The Labute approximate surface area is 144 Å². The van der Waals surface area contributed by atoms with Crippen molar-refractivity contribution in [2.24, 2.45) is 0 Å². The van der Waals surface area contributed by atoms with Crippen LogP contribution in [0.1, 0.15) is 30.1 Å². The number of aryl methyl sites for hydroxylation is 1. The molecule has 23 heavy (non-hydrogen) atoms. The third-order valence-electron chi connectivity index (χ3n) is 4.60. The topological polar surface area (TPSA) is 37.0 Å². The van der Waals surface area contributed by atoms with Crippen LogP contribution in [0.4, 0.5) is 5.69 Å². The average Bonchev–Trinajstić information content (AvgIpc) is 2.95. The number of aromatic amines is 1. The highest BCUT2D eigenvalue weighted by Crippen LogP contribution is 2.37. The molecule has 4 rings (SSSR count). The summed E-state index contributed by atoms with van der Waals surface area (Å²) in [4.78, 5) is 3.63. The Morgan fingerprint density at radius 2 is 2.00 bits per heavy atom. The van der Waals surface area contributed by atoms with Crippen molar-refractivity contribution in [1.29, 1.82) is 0 Å². The summed E-state index contributed by atoms with van der Waals surface area (Å²) >= 11 is 3.59. The average molecular weight is 371 g/mol. The molecule has 3 aromatic rings. The highest BCUT2D eigenvalue weighted by molar-refractivity contribution is 9.10. The van der Waals surface area contributed by atoms with Gasteiger partial charge in [0.1, 0.15) is 5.75 Å². The molecule has 1 atom stereocenters. The number of anilines is 1. The summed E-state index contributed by atoms with van der Waals surface area (Å²) in [6.45, 7) is 0. The van der Waals surface area contributed by atoms with Gasteiger partial charge in [0.05, 0.1) is 13.2 Å². The number of benzene rings is 2. The van der Waals surface area contributed by atoms with Crippen LogP contribution >= 0.6 is 15.9 Å². The van der Waals surface area contributed by atoms with Gasteiger partial charge in [-0.25, -0.2) is 0 Å². The van der Waals surface area contributed by atoms with Crippen LogP contribution in [0.25, 0.3) is 10.9 Å². The van der Waals surface area contributed by atoms with Gasteiger partial charge in [-0.15, -0.1) is 0 Å². The molecule has 0 spiro atoms. The van der Waals surface area contributed by atoms with Gasteiger partial charge >= 0.3 is 0 Å². The molecule has 2 N–H and O–H groups in total. The van der Waals surface area contributed by atoms with Crippen LogP contribution in [0, 0.1) is 0 Å². The quantitative estimate of drug-likeness (QED) is 0.644.